The van der Waals surface area contributed by atoms with Crippen molar-refractivity contribution in [3.63, 3.8) is 0 Å². The first-order valence-electron chi connectivity index (χ1n) is 16.0. The second kappa shape index (κ2) is 12.8. The molecular formula is C35H45N5O6S. The lowest BCUT2D eigenvalue weighted by molar-refractivity contribution is -0.00329. The number of rotatable bonds is 5. The van der Waals surface area contributed by atoms with Gasteiger partial charge in [-0.1, -0.05) is 45.0 Å². The van der Waals surface area contributed by atoms with Crippen molar-refractivity contribution in [2.45, 2.75) is 103 Å². The van der Waals surface area contributed by atoms with Crippen LogP contribution in [0.25, 0.3) is 11.3 Å². The molecule has 0 unspecified atom stereocenters. The number of alkyl carbamates (subject to hydrolysis) is 1. The van der Waals surface area contributed by atoms with Gasteiger partial charge in [0.25, 0.3) is 15.9 Å². The lowest BCUT2D eigenvalue weighted by atomic mass is 9.72. The summed E-state index contributed by atoms with van der Waals surface area (Å²) in [6, 6.07) is 12.9. The Hall–Kier alpha value is -4.19. The number of benzene rings is 2. The zero-order valence-corrected chi connectivity index (χ0v) is 29.2. The van der Waals surface area contributed by atoms with Gasteiger partial charge in [-0.2, -0.15) is 4.98 Å². The molecule has 1 saturated carbocycles. The molecule has 12 heteroatoms. The smallest absolute Gasteiger partial charge is 0.407 e. The number of carbonyl (C=O) groups is 2. The van der Waals surface area contributed by atoms with Gasteiger partial charge in [0.15, 0.2) is 0 Å². The maximum Gasteiger partial charge on any atom is 0.407 e. The molecule has 2 amide bonds. The van der Waals surface area contributed by atoms with Gasteiger partial charge in [-0.05, 0) is 88.6 Å². The van der Waals surface area contributed by atoms with Gasteiger partial charge >= 0.3 is 6.09 Å². The number of aryl methyl sites for hydroxylation is 2. The highest BCUT2D eigenvalue weighted by molar-refractivity contribution is 7.92. The predicted molar refractivity (Wildman–Crippen MR) is 180 cm³/mol. The third kappa shape index (κ3) is 7.86. The fraction of sp³-hybridized carbons (Fsp3) is 0.486. The number of aromatic nitrogens is 2. The van der Waals surface area contributed by atoms with E-state index in [0.717, 1.165) is 16.7 Å². The summed E-state index contributed by atoms with van der Waals surface area (Å²) in [6.45, 7) is 15.9. The van der Waals surface area contributed by atoms with Crippen molar-refractivity contribution in [3.8, 4) is 17.1 Å². The van der Waals surface area contributed by atoms with Crippen molar-refractivity contribution in [1.82, 2.24) is 20.2 Å². The lowest BCUT2D eigenvalue weighted by Crippen LogP contribution is -2.65. The summed E-state index contributed by atoms with van der Waals surface area (Å²) < 4.78 is 41.5. The highest BCUT2D eigenvalue weighted by Crippen LogP contribution is 2.40. The Morgan fingerprint density at radius 2 is 1.77 bits per heavy atom. The fourth-order valence-electron chi connectivity index (χ4n) is 6.54. The predicted octanol–water partition coefficient (Wildman–Crippen LogP) is 6.26. The Bertz CT molecular complexity index is 1760. The van der Waals surface area contributed by atoms with Crippen LogP contribution in [0.1, 0.15) is 82.3 Å². The number of nitrogens with one attached hydrogen (secondary N) is 2. The van der Waals surface area contributed by atoms with Gasteiger partial charge in [-0.15, -0.1) is 0 Å². The Kier molecular flexibility index (Phi) is 9.29. The second-order valence-electron chi connectivity index (χ2n) is 14.5. The summed E-state index contributed by atoms with van der Waals surface area (Å²) in [6.07, 6.45) is 0.795. The molecule has 1 aromatic heterocycles. The number of sulfonamides is 1. The van der Waals surface area contributed by atoms with Crippen LogP contribution in [-0.2, 0) is 14.8 Å². The highest BCUT2D eigenvalue weighted by Gasteiger charge is 2.48. The van der Waals surface area contributed by atoms with Crippen LogP contribution in [0.5, 0.6) is 5.88 Å². The maximum atomic E-state index is 14.4. The van der Waals surface area contributed by atoms with E-state index in [1.54, 1.807) is 32.0 Å². The summed E-state index contributed by atoms with van der Waals surface area (Å²) in [5.74, 6) is -0.261. The first kappa shape index (κ1) is 34.2. The number of fused-ring (bicyclic) bond motifs is 4. The molecule has 1 atom stereocenters. The fourth-order valence-corrected chi connectivity index (χ4v) is 7.53. The monoisotopic (exact) mass is 663 g/mol. The topological polar surface area (TPSA) is 140 Å². The van der Waals surface area contributed by atoms with Crippen LogP contribution in [0.4, 0.5) is 10.7 Å². The summed E-state index contributed by atoms with van der Waals surface area (Å²) in [4.78, 5) is 37.7. The van der Waals surface area contributed by atoms with E-state index >= 15 is 0 Å². The van der Waals surface area contributed by atoms with Crippen molar-refractivity contribution >= 4 is 28.0 Å². The van der Waals surface area contributed by atoms with Gasteiger partial charge in [-0.3, -0.25) is 4.79 Å². The third-order valence-corrected chi connectivity index (χ3v) is 9.79. The highest BCUT2D eigenvalue weighted by atomic mass is 32.2. The van der Waals surface area contributed by atoms with E-state index in [1.165, 1.54) is 12.1 Å². The van der Waals surface area contributed by atoms with Crippen molar-refractivity contribution in [2.24, 2.45) is 5.41 Å². The first-order valence-corrected chi connectivity index (χ1v) is 17.4. The van der Waals surface area contributed by atoms with Crippen LogP contribution < -0.4 is 14.8 Å². The van der Waals surface area contributed by atoms with E-state index in [1.807, 2.05) is 43.9 Å². The summed E-state index contributed by atoms with van der Waals surface area (Å²) in [7, 11) is -4.18. The van der Waals surface area contributed by atoms with E-state index in [9.17, 15) is 18.0 Å². The summed E-state index contributed by atoms with van der Waals surface area (Å²) >= 11 is 0. The number of anilines is 1. The number of hydrogen-bond acceptors (Lipinski definition) is 8. The number of carbonyl (C=O) groups excluding carboxylic acids is 2. The number of nitrogens with zero attached hydrogens (tertiary/aromatic N) is 3. The molecule has 2 N–H and O–H groups in total. The molecule has 0 spiro atoms. The molecule has 3 aromatic rings. The molecule has 1 fully saturated rings. The zero-order valence-electron chi connectivity index (χ0n) is 28.4. The molecule has 2 aromatic carbocycles. The minimum absolute atomic E-state index is 0.0880. The van der Waals surface area contributed by atoms with Gasteiger partial charge in [0.2, 0.25) is 11.8 Å². The Morgan fingerprint density at radius 3 is 2.40 bits per heavy atom. The largest absolute Gasteiger partial charge is 0.475 e. The van der Waals surface area contributed by atoms with Gasteiger partial charge in [0, 0.05) is 28.8 Å². The minimum Gasteiger partial charge on any atom is -0.475 e. The average Bonchev–Trinajstić information content (AvgIpc) is 2.93. The van der Waals surface area contributed by atoms with E-state index in [-0.39, 0.29) is 52.4 Å². The summed E-state index contributed by atoms with van der Waals surface area (Å²) in [5, 5.41) is 2.96. The molecule has 11 nitrogen and oxygen atoms in total. The van der Waals surface area contributed by atoms with Crippen LogP contribution in [-0.4, -0.2) is 65.6 Å². The molecule has 1 aliphatic heterocycles. The molecule has 5 rings (SSSR count). The van der Waals surface area contributed by atoms with E-state index in [4.69, 9.17) is 9.47 Å². The van der Waals surface area contributed by atoms with Crippen molar-refractivity contribution in [2.75, 3.05) is 11.3 Å². The van der Waals surface area contributed by atoms with Crippen molar-refractivity contribution in [1.29, 1.82) is 0 Å². The maximum absolute atomic E-state index is 14.4. The quantitative estimate of drug-likeness (QED) is 0.326. The van der Waals surface area contributed by atoms with Crippen LogP contribution in [0.3, 0.4) is 0 Å². The Balaban J connectivity index is 1.60. The molecule has 4 bridgehead atoms. The van der Waals surface area contributed by atoms with Gasteiger partial charge in [-0.25, -0.2) is 22.9 Å². The van der Waals surface area contributed by atoms with Crippen LogP contribution in [0.15, 0.2) is 53.4 Å². The number of ether oxygens (including phenoxy) is 2. The lowest BCUT2D eigenvalue weighted by Gasteiger charge is -2.52. The molecule has 47 heavy (non-hydrogen) atoms. The van der Waals surface area contributed by atoms with E-state index < -0.39 is 27.7 Å². The van der Waals surface area contributed by atoms with Gasteiger partial charge in [0.05, 0.1) is 22.7 Å². The SMILES string of the molecule is Cc1cccc(C)c1-c1cc2nc(n1)NS(=O)(=O)c1cccc(c1)C(=O)N([C@H]1C[C@](C)(NC(=O)OC(C)C)C1)[C@H](CC(C)(C)C)CO2. The molecule has 2 aliphatic rings. The van der Waals surface area contributed by atoms with E-state index in [2.05, 4.69) is 40.8 Å². The molecule has 2 heterocycles. The molecular weight excluding hydrogens is 618 g/mol. The van der Waals surface area contributed by atoms with Crippen molar-refractivity contribution < 1.29 is 27.5 Å². The Morgan fingerprint density at radius 1 is 1.11 bits per heavy atom. The average molecular weight is 664 g/mol. The van der Waals surface area contributed by atoms with Crippen LogP contribution in [0, 0.1) is 19.3 Å². The second-order valence-corrected chi connectivity index (χ2v) is 16.1. The van der Waals surface area contributed by atoms with Crippen LogP contribution >= 0.6 is 0 Å². The Labute approximate surface area is 277 Å². The standard InChI is InChI=1S/C35H45N5O6S/c1-21(2)46-33(42)38-35(8)18-25(19-35)40-26(17-34(5,6)7)20-45-29-16-28(30-22(3)11-9-12-23(30)4)36-32(37-29)39-47(43,44)27-14-10-13-24(15-27)31(40)41/h9-16,21,25-26H,17-20H2,1-8H3,(H,38,42)(H,36,37,39)/t25-,26-,35-/m1/s1. The first-order chi connectivity index (χ1) is 21.9. The zero-order chi connectivity index (χ0) is 34.3. The van der Waals surface area contributed by atoms with Gasteiger partial charge < -0.3 is 19.7 Å². The van der Waals surface area contributed by atoms with Gasteiger partial charge in [0.1, 0.15) is 6.61 Å². The van der Waals surface area contributed by atoms with E-state index in [0.29, 0.717) is 25.0 Å². The molecule has 0 saturated heterocycles. The number of hydrogen-bond donors (Lipinski definition) is 2. The summed E-state index contributed by atoms with van der Waals surface area (Å²) in [5.41, 5.74) is 2.76. The third-order valence-electron chi connectivity index (χ3n) is 8.47. The van der Waals surface area contributed by atoms with Crippen molar-refractivity contribution in [3.05, 3.63) is 65.2 Å². The normalized spacial score (nSPS) is 22.5. The molecule has 252 valence electrons. The molecule has 0 radical (unpaired) electrons. The minimum atomic E-state index is -4.18. The molecule has 1 aliphatic carbocycles. The number of amides is 2. The van der Waals surface area contributed by atoms with Crippen LogP contribution in [0.2, 0.25) is 0 Å².